The summed E-state index contributed by atoms with van der Waals surface area (Å²) in [6.07, 6.45) is 0.581. The van der Waals surface area contributed by atoms with E-state index >= 15 is 0 Å². The Kier molecular flexibility index (Phi) is 2.86. The summed E-state index contributed by atoms with van der Waals surface area (Å²) in [5, 5.41) is 12.6. The van der Waals surface area contributed by atoms with E-state index < -0.39 is 11.4 Å². The lowest BCUT2D eigenvalue weighted by atomic mass is 9.82. The van der Waals surface area contributed by atoms with Crippen LogP contribution in [0.1, 0.15) is 37.8 Å². The summed E-state index contributed by atoms with van der Waals surface area (Å²) < 4.78 is 0. The maximum atomic E-state index is 11.2. The number of anilines is 1. The first-order chi connectivity index (χ1) is 7.92. The van der Waals surface area contributed by atoms with Gasteiger partial charge in [0, 0.05) is 18.2 Å². The van der Waals surface area contributed by atoms with Crippen molar-refractivity contribution in [1.29, 1.82) is 0 Å². The van der Waals surface area contributed by atoms with Crippen LogP contribution in [-0.4, -0.2) is 17.6 Å². The molecule has 0 fully saturated rings. The van der Waals surface area contributed by atoms with Crippen molar-refractivity contribution in [2.75, 3.05) is 11.9 Å². The third kappa shape index (κ3) is 2.14. The Balaban J connectivity index is 2.35. The maximum absolute atomic E-state index is 11.2. The Morgan fingerprint density at radius 3 is 2.88 bits per heavy atom. The van der Waals surface area contributed by atoms with Crippen LogP contribution < -0.4 is 5.32 Å². The first-order valence-corrected chi connectivity index (χ1v) is 6.01. The standard InChI is InChI=1S/C14H19NO2/c1-9-8-15-11-6-4-5-10(12(9)11)7-14(2,3)13(16)17/h4-6,9,15H,7-8H2,1-3H3,(H,16,17). The second-order valence-corrected chi connectivity index (χ2v) is 5.53. The van der Waals surface area contributed by atoms with Gasteiger partial charge in [-0.05, 0) is 37.5 Å². The average Bonchev–Trinajstić information content (AvgIpc) is 2.61. The third-order valence-electron chi connectivity index (χ3n) is 3.50. The van der Waals surface area contributed by atoms with E-state index in [4.69, 9.17) is 0 Å². The highest BCUT2D eigenvalue weighted by atomic mass is 16.4. The molecule has 0 radical (unpaired) electrons. The van der Waals surface area contributed by atoms with E-state index in [2.05, 4.69) is 18.3 Å². The molecule has 0 spiro atoms. The molecule has 2 N–H and O–H groups in total. The van der Waals surface area contributed by atoms with Gasteiger partial charge in [-0.2, -0.15) is 0 Å². The molecule has 2 rings (SSSR count). The molecular formula is C14H19NO2. The smallest absolute Gasteiger partial charge is 0.309 e. The molecule has 1 unspecified atom stereocenters. The van der Waals surface area contributed by atoms with Crippen molar-refractivity contribution < 1.29 is 9.90 Å². The molecule has 0 saturated carbocycles. The predicted octanol–water partition coefficient (Wildman–Crippen LogP) is 2.87. The minimum absolute atomic E-state index is 0.464. The van der Waals surface area contributed by atoms with Gasteiger partial charge in [0.15, 0.2) is 0 Å². The number of carbonyl (C=O) groups is 1. The van der Waals surface area contributed by atoms with Gasteiger partial charge in [0.05, 0.1) is 5.41 Å². The summed E-state index contributed by atoms with van der Waals surface area (Å²) in [4.78, 5) is 11.2. The van der Waals surface area contributed by atoms with Crippen LogP contribution in [0, 0.1) is 5.41 Å². The zero-order valence-electron chi connectivity index (χ0n) is 10.6. The molecule has 1 aromatic rings. The predicted molar refractivity (Wildman–Crippen MR) is 68.5 cm³/mol. The van der Waals surface area contributed by atoms with Gasteiger partial charge in [0.1, 0.15) is 0 Å². The Hall–Kier alpha value is -1.51. The number of hydrogen-bond acceptors (Lipinski definition) is 2. The molecule has 0 saturated heterocycles. The van der Waals surface area contributed by atoms with Crippen LogP contribution >= 0.6 is 0 Å². The lowest BCUT2D eigenvalue weighted by molar-refractivity contribution is -0.146. The molecule has 17 heavy (non-hydrogen) atoms. The molecule has 0 aromatic heterocycles. The Morgan fingerprint density at radius 1 is 1.53 bits per heavy atom. The Morgan fingerprint density at radius 2 is 2.24 bits per heavy atom. The van der Waals surface area contributed by atoms with Gasteiger partial charge >= 0.3 is 5.97 Å². The van der Waals surface area contributed by atoms with Crippen LogP contribution in [0.5, 0.6) is 0 Å². The number of carboxylic acids is 1. The number of benzene rings is 1. The zero-order valence-corrected chi connectivity index (χ0v) is 10.6. The van der Waals surface area contributed by atoms with Crippen molar-refractivity contribution in [3.05, 3.63) is 29.3 Å². The van der Waals surface area contributed by atoms with Crippen molar-refractivity contribution in [3.8, 4) is 0 Å². The van der Waals surface area contributed by atoms with Crippen LogP contribution in [0.2, 0.25) is 0 Å². The molecular weight excluding hydrogens is 214 g/mol. The van der Waals surface area contributed by atoms with Crippen molar-refractivity contribution in [2.45, 2.75) is 33.1 Å². The highest BCUT2D eigenvalue weighted by molar-refractivity contribution is 5.74. The monoisotopic (exact) mass is 233 g/mol. The highest BCUT2D eigenvalue weighted by Gasteiger charge is 2.30. The topological polar surface area (TPSA) is 49.3 Å². The molecule has 3 nitrogen and oxygen atoms in total. The van der Waals surface area contributed by atoms with Crippen molar-refractivity contribution >= 4 is 11.7 Å². The van der Waals surface area contributed by atoms with Crippen molar-refractivity contribution in [3.63, 3.8) is 0 Å². The summed E-state index contributed by atoms with van der Waals surface area (Å²) >= 11 is 0. The van der Waals surface area contributed by atoms with Gasteiger partial charge < -0.3 is 10.4 Å². The first-order valence-electron chi connectivity index (χ1n) is 6.01. The first kappa shape index (κ1) is 12.0. The molecule has 3 heteroatoms. The Bertz CT molecular complexity index is 452. The summed E-state index contributed by atoms with van der Waals surface area (Å²) in [5.41, 5.74) is 2.91. The zero-order chi connectivity index (χ0) is 12.6. The Labute approximate surface area is 102 Å². The molecule has 1 aliphatic rings. The van der Waals surface area contributed by atoms with Gasteiger partial charge in [-0.1, -0.05) is 19.1 Å². The number of nitrogens with one attached hydrogen (secondary N) is 1. The van der Waals surface area contributed by atoms with E-state index in [0.29, 0.717) is 12.3 Å². The fourth-order valence-corrected chi connectivity index (χ4v) is 2.42. The van der Waals surface area contributed by atoms with Crippen LogP contribution in [0.15, 0.2) is 18.2 Å². The van der Waals surface area contributed by atoms with E-state index in [0.717, 1.165) is 17.8 Å². The summed E-state index contributed by atoms with van der Waals surface area (Å²) in [5.74, 6) is -0.278. The van der Waals surface area contributed by atoms with Gasteiger partial charge in [0.2, 0.25) is 0 Å². The number of hydrogen-bond donors (Lipinski definition) is 2. The second-order valence-electron chi connectivity index (χ2n) is 5.53. The molecule has 0 aliphatic carbocycles. The SMILES string of the molecule is CC1CNc2cccc(CC(C)(C)C(=O)O)c21. The van der Waals surface area contributed by atoms with Crippen LogP contribution in [-0.2, 0) is 11.2 Å². The number of rotatable bonds is 3. The lowest BCUT2D eigenvalue weighted by Gasteiger charge is -2.21. The fraction of sp³-hybridized carbons (Fsp3) is 0.500. The highest BCUT2D eigenvalue weighted by Crippen LogP contribution is 2.36. The molecule has 1 aromatic carbocycles. The van der Waals surface area contributed by atoms with Crippen LogP contribution in [0.25, 0.3) is 0 Å². The van der Waals surface area contributed by atoms with Crippen molar-refractivity contribution in [2.24, 2.45) is 5.41 Å². The quantitative estimate of drug-likeness (QED) is 0.844. The van der Waals surface area contributed by atoms with E-state index in [9.17, 15) is 9.90 Å². The van der Waals surface area contributed by atoms with Gasteiger partial charge in [0.25, 0.3) is 0 Å². The maximum Gasteiger partial charge on any atom is 0.309 e. The van der Waals surface area contributed by atoms with Crippen molar-refractivity contribution in [1.82, 2.24) is 0 Å². The van der Waals surface area contributed by atoms with E-state index in [-0.39, 0.29) is 0 Å². The summed E-state index contributed by atoms with van der Waals surface area (Å²) in [7, 11) is 0. The number of aliphatic carboxylic acids is 1. The summed E-state index contributed by atoms with van der Waals surface area (Å²) in [6, 6.07) is 6.11. The minimum atomic E-state index is -0.742. The lowest BCUT2D eigenvalue weighted by Crippen LogP contribution is -2.26. The molecule has 0 bridgehead atoms. The number of carboxylic acid groups (broad SMARTS) is 1. The van der Waals surface area contributed by atoms with Gasteiger partial charge in [-0.25, -0.2) is 0 Å². The largest absolute Gasteiger partial charge is 0.481 e. The number of fused-ring (bicyclic) bond motifs is 1. The van der Waals surface area contributed by atoms with Crippen LogP contribution in [0.3, 0.4) is 0 Å². The second kappa shape index (κ2) is 4.06. The van der Waals surface area contributed by atoms with Crippen LogP contribution in [0.4, 0.5) is 5.69 Å². The van der Waals surface area contributed by atoms with E-state index in [1.54, 1.807) is 13.8 Å². The van der Waals surface area contributed by atoms with E-state index in [1.807, 2.05) is 12.1 Å². The summed E-state index contributed by atoms with van der Waals surface area (Å²) in [6.45, 7) is 6.68. The van der Waals surface area contributed by atoms with E-state index in [1.165, 1.54) is 5.56 Å². The molecule has 0 amide bonds. The van der Waals surface area contributed by atoms with Gasteiger partial charge in [-0.3, -0.25) is 4.79 Å². The molecule has 1 heterocycles. The third-order valence-corrected chi connectivity index (χ3v) is 3.50. The molecule has 1 aliphatic heterocycles. The minimum Gasteiger partial charge on any atom is -0.481 e. The fourth-order valence-electron chi connectivity index (χ4n) is 2.42. The molecule has 92 valence electrons. The normalized spacial score (nSPS) is 18.6. The van der Waals surface area contributed by atoms with Gasteiger partial charge in [-0.15, -0.1) is 0 Å². The average molecular weight is 233 g/mol. The molecule has 1 atom stereocenters.